The van der Waals surface area contributed by atoms with Crippen LogP contribution in [0.1, 0.15) is 67.2 Å². The van der Waals surface area contributed by atoms with E-state index in [1.54, 1.807) is 0 Å². The standard InChI is InChI=1S/C52H43N5O/c1-3-34-32-40(51-53-46(37-19-9-5-10-20-37)48-47(54-51)42-23-13-14-25-44(42)58-48)30-31-41(34)45-33(2)16-15-24-43(45)52-56-49(38-21-11-6-12-22-38)55-50(57-52)39-28-26-36(27-29-39)35-17-7-4-8-18-35/h4-12,15-21,23-32,34,38,41H,3,13-14,22H2,1-2H3. The summed E-state index contributed by atoms with van der Waals surface area (Å²) in [4.78, 5) is 26.0. The maximum Gasteiger partial charge on any atom is 0.180 e. The summed E-state index contributed by atoms with van der Waals surface area (Å²) in [6.45, 7) is 4.47. The number of allylic oxidation sites excluding steroid dienone is 8. The molecule has 10 rings (SSSR count). The van der Waals surface area contributed by atoms with Gasteiger partial charge in [-0.2, -0.15) is 0 Å². The third-order valence-corrected chi connectivity index (χ3v) is 11.7. The molecule has 0 saturated carbocycles. The van der Waals surface area contributed by atoms with Gasteiger partial charge in [0.15, 0.2) is 23.1 Å². The molecule has 0 radical (unpaired) electrons. The molecule has 4 aromatic carbocycles. The van der Waals surface area contributed by atoms with E-state index in [9.17, 15) is 0 Å². The van der Waals surface area contributed by atoms with E-state index < -0.39 is 0 Å². The molecule has 282 valence electrons. The summed E-state index contributed by atoms with van der Waals surface area (Å²) in [5.41, 5.74) is 12.1. The van der Waals surface area contributed by atoms with Crippen molar-refractivity contribution in [1.29, 1.82) is 0 Å². The zero-order valence-electron chi connectivity index (χ0n) is 32.7. The van der Waals surface area contributed by atoms with Gasteiger partial charge in [-0.1, -0.05) is 159 Å². The number of hydrogen-bond donors (Lipinski definition) is 0. The molecule has 6 nitrogen and oxygen atoms in total. The van der Waals surface area contributed by atoms with Crippen LogP contribution in [-0.2, 0) is 0 Å². The fourth-order valence-electron chi connectivity index (χ4n) is 8.63. The molecule has 0 saturated heterocycles. The van der Waals surface area contributed by atoms with Crippen molar-refractivity contribution in [1.82, 2.24) is 24.9 Å². The first-order valence-corrected chi connectivity index (χ1v) is 20.4. The van der Waals surface area contributed by atoms with Crippen LogP contribution in [0.4, 0.5) is 0 Å². The van der Waals surface area contributed by atoms with Crippen molar-refractivity contribution in [3.8, 4) is 45.2 Å². The first kappa shape index (κ1) is 35.6. The van der Waals surface area contributed by atoms with Gasteiger partial charge in [0.25, 0.3) is 0 Å². The lowest BCUT2D eigenvalue weighted by molar-refractivity contribution is 0.559. The first-order valence-electron chi connectivity index (χ1n) is 20.4. The second-order valence-corrected chi connectivity index (χ2v) is 15.4. The van der Waals surface area contributed by atoms with Crippen molar-refractivity contribution in [3.05, 3.63) is 179 Å². The summed E-state index contributed by atoms with van der Waals surface area (Å²) in [7, 11) is 0. The lowest BCUT2D eigenvalue weighted by Gasteiger charge is -2.28. The van der Waals surface area contributed by atoms with Crippen LogP contribution in [0.25, 0.3) is 74.0 Å². The third-order valence-electron chi connectivity index (χ3n) is 11.7. The largest absolute Gasteiger partial charge is 0.452 e. The maximum absolute atomic E-state index is 6.44. The van der Waals surface area contributed by atoms with Crippen LogP contribution in [0.2, 0.25) is 0 Å². The average molecular weight is 754 g/mol. The molecule has 3 aromatic heterocycles. The van der Waals surface area contributed by atoms with Crippen molar-refractivity contribution < 1.29 is 4.42 Å². The quantitative estimate of drug-likeness (QED) is 0.154. The number of benzene rings is 4. The molecule has 0 bridgehead atoms. The smallest absolute Gasteiger partial charge is 0.180 e. The first-order chi connectivity index (χ1) is 28.6. The zero-order chi connectivity index (χ0) is 39.0. The molecule has 0 aliphatic heterocycles. The predicted molar refractivity (Wildman–Crippen MR) is 235 cm³/mol. The Morgan fingerprint density at radius 1 is 0.655 bits per heavy atom. The molecule has 58 heavy (non-hydrogen) atoms. The van der Waals surface area contributed by atoms with Gasteiger partial charge in [0.1, 0.15) is 22.5 Å². The zero-order valence-corrected chi connectivity index (χ0v) is 32.7. The molecule has 3 aliphatic carbocycles. The van der Waals surface area contributed by atoms with Crippen LogP contribution >= 0.6 is 0 Å². The number of furan rings is 1. The lowest BCUT2D eigenvalue weighted by atomic mass is 9.76. The Balaban J connectivity index is 1.06. The van der Waals surface area contributed by atoms with Crippen LogP contribution < -0.4 is 10.6 Å². The van der Waals surface area contributed by atoms with E-state index in [0.717, 1.165) is 86.8 Å². The number of hydrogen-bond acceptors (Lipinski definition) is 6. The summed E-state index contributed by atoms with van der Waals surface area (Å²) >= 11 is 0. The van der Waals surface area contributed by atoms with Gasteiger partial charge in [-0.25, -0.2) is 24.9 Å². The van der Waals surface area contributed by atoms with Crippen molar-refractivity contribution in [2.24, 2.45) is 5.92 Å². The molecule has 3 heterocycles. The van der Waals surface area contributed by atoms with Gasteiger partial charge in [-0.15, -0.1) is 0 Å². The van der Waals surface area contributed by atoms with E-state index in [1.807, 2.05) is 24.3 Å². The molecular weight excluding hydrogens is 711 g/mol. The van der Waals surface area contributed by atoms with Crippen molar-refractivity contribution >= 4 is 28.8 Å². The molecule has 6 heteroatoms. The minimum absolute atomic E-state index is 0.0697. The fraction of sp³-hybridized carbons (Fsp3) is 0.173. The normalized spacial score (nSPS) is 18.4. The number of aryl methyl sites for hydroxylation is 1. The van der Waals surface area contributed by atoms with Gasteiger partial charge in [0.05, 0.1) is 0 Å². The summed E-state index contributed by atoms with van der Waals surface area (Å²) in [6, 6.07) is 35.8. The molecule has 0 amide bonds. The molecule has 3 atom stereocenters. The van der Waals surface area contributed by atoms with Gasteiger partial charge in [-0.3, -0.25) is 0 Å². The van der Waals surface area contributed by atoms with Gasteiger partial charge >= 0.3 is 0 Å². The Hall–Kier alpha value is -6.79. The molecule has 0 N–H and O–H groups in total. The molecular formula is C52H43N5O. The van der Waals surface area contributed by atoms with Crippen molar-refractivity contribution in [2.45, 2.75) is 51.4 Å². The molecule has 3 aliphatic rings. The van der Waals surface area contributed by atoms with Gasteiger partial charge < -0.3 is 4.42 Å². The van der Waals surface area contributed by atoms with E-state index in [4.69, 9.17) is 29.3 Å². The topological polar surface area (TPSA) is 77.6 Å². The predicted octanol–water partition coefficient (Wildman–Crippen LogP) is 11.1. The molecule has 7 aromatic rings. The second kappa shape index (κ2) is 15.3. The van der Waals surface area contributed by atoms with Gasteiger partial charge in [0, 0.05) is 39.3 Å². The highest BCUT2D eigenvalue weighted by Crippen LogP contribution is 2.42. The van der Waals surface area contributed by atoms with E-state index in [2.05, 4.69) is 147 Å². The number of nitrogens with zero attached hydrogens (tertiary/aromatic N) is 5. The second-order valence-electron chi connectivity index (χ2n) is 15.4. The number of rotatable bonds is 8. The van der Waals surface area contributed by atoms with Crippen molar-refractivity contribution in [3.63, 3.8) is 0 Å². The summed E-state index contributed by atoms with van der Waals surface area (Å²) in [5, 5.41) is 1.07. The summed E-state index contributed by atoms with van der Waals surface area (Å²) < 4.78 is 6.44. The van der Waals surface area contributed by atoms with Crippen molar-refractivity contribution in [2.75, 3.05) is 0 Å². The minimum Gasteiger partial charge on any atom is -0.452 e. The van der Waals surface area contributed by atoms with Gasteiger partial charge in [0.2, 0.25) is 0 Å². The molecule has 0 fully saturated rings. The highest BCUT2D eigenvalue weighted by atomic mass is 16.3. The Morgan fingerprint density at radius 3 is 2.17 bits per heavy atom. The maximum atomic E-state index is 6.44. The van der Waals surface area contributed by atoms with Crippen LogP contribution in [0, 0.1) is 12.8 Å². The monoisotopic (exact) mass is 753 g/mol. The van der Waals surface area contributed by atoms with E-state index in [-0.39, 0.29) is 17.8 Å². The summed E-state index contributed by atoms with van der Waals surface area (Å²) in [6.07, 6.45) is 23.6. The van der Waals surface area contributed by atoms with Crippen LogP contribution in [-0.4, -0.2) is 24.9 Å². The Bertz CT molecular complexity index is 2920. The average Bonchev–Trinajstić information content (AvgIpc) is 3.68. The van der Waals surface area contributed by atoms with Crippen LogP contribution in [0.15, 0.2) is 150 Å². The highest BCUT2D eigenvalue weighted by Gasteiger charge is 2.29. The third kappa shape index (κ3) is 6.64. The number of aromatic nitrogens is 5. The SMILES string of the molecule is CCC1C=C(c2nc(-c3ccccc3)c3oc4c(c3n2)=CCCC=4)C=CC1c1c(C)cccc1-c1nc(-c2ccc(-c3ccccc3)cc2)nc(C2C=CC=CC2)n1. The highest BCUT2D eigenvalue weighted by molar-refractivity contribution is 5.90. The van der Waals surface area contributed by atoms with E-state index in [0.29, 0.717) is 17.5 Å². The summed E-state index contributed by atoms with van der Waals surface area (Å²) in [5.74, 6) is 3.24. The molecule has 3 unspecified atom stereocenters. The lowest BCUT2D eigenvalue weighted by Crippen LogP contribution is -2.23. The minimum atomic E-state index is 0.0697. The fourth-order valence-corrected chi connectivity index (χ4v) is 8.63. The number of fused-ring (bicyclic) bond motifs is 3. The van der Waals surface area contributed by atoms with Crippen LogP contribution in [0.5, 0.6) is 0 Å². The van der Waals surface area contributed by atoms with E-state index >= 15 is 0 Å². The van der Waals surface area contributed by atoms with Crippen LogP contribution in [0.3, 0.4) is 0 Å². The van der Waals surface area contributed by atoms with E-state index in [1.165, 1.54) is 16.7 Å². The Labute approximate surface area is 338 Å². The molecule has 0 spiro atoms. The Morgan fingerprint density at radius 2 is 1.40 bits per heavy atom. The Kier molecular flexibility index (Phi) is 9.38. The van der Waals surface area contributed by atoms with Gasteiger partial charge in [-0.05, 0) is 66.9 Å².